The van der Waals surface area contributed by atoms with E-state index in [4.69, 9.17) is 5.11 Å². The molecule has 3 aromatic rings. The molecule has 5 nitrogen and oxygen atoms in total. The van der Waals surface area contributed by atoms with Crippen molar-refractivity contribution in [1.29, 1.82) is 0 Å². The number of hydrogen-bond donors (Lipinski definition) is 1. The molecule has 0 aliphatic heterocycles. The highest BCUT2D eigenvalue weighted by molar-refractivity contribution is 7.89. The molecule has 162 valence electrons. The molecule has 0 aromatic heterocycles. The summed E-state index contributed by atoms with van der Waals surface area (Å²) < 4.78 is 55.1. The third kappa shape index (κ3) is 5.34. The van der Waals surface area contributed by atoms with E-state index in [-0.39, 0.29) is 23.4 Å². The van der Waals surface area contributed by atoms with Crippen molar-refractivity contribution in [3.05, 3.63) is 101 Å². The lowest BCUT2D eigenvalue weighted by Gasteiger charge is -2.31. The second-order valence-electron chi connectivity index (χ2n) is 6.91. The van der Waals surface area contributed by atoms with Crippen molar-refractivity contribution < 1.29 is 27.1 Å². The lowest BCUT2D eigenvalue weighted by atomic mass is 10.0. The van der Waals surface area contributed by atoms with Crippen LogP contribution in [0.2, 0.25) is 0 Å². The van der Waals surface area contributed by atoms with Gasteiger partial charge in [0.05, 0.1) is 23.2 Å². The highest BCUT2D eigenvalue weighted by Crippen LogP contribution is 2.32. The van der Waals surface area contributed by atoms with Crippen molar-refractivity contribution in [2.45, 2.75) is 23.9 Å². The highest BCUT2D eigenvalue weighted by atomic mass is 32.2. The molecule has 0 fully saturated rings. The molecule has 1 atom stereocenters. The number of hydrogen-bond acceptors (Lipinski definition) is 3. The van der Waals surface area contributed by atoms with Gasteiger partial charge in [0.2, 0.25) is 10.0 Å². The van der Waals surface area contributed by atoms with E-state index in [9.17, 15) is 22.0 Å². The molecule has 0 aliphatic rings. The summed E-state index contributed by atoms with van der Waals surface area (Å²) in [4.78, 5) is 11.2. The van der Waals surface area contributed by atoms with Gasteiger partial charge in [-0.25, -0.2) is 17.6 Å². The van der Waals surface area contributed by atoms with Gasteiger partial charge in [0.25, 0.3) is 0 Å². The second kappa shape index (κ2) is 9.80. The quantitative estimate of drug-likeness (QED) is 0.513. The van der Waals surface area contributed by atoms with Gasteiger partial charge in [0.1, 0.15) is 5.82 Å². The lowest BCUT2D eigenvalue weighted by Crippen LogP contribution is -2.35. The minimum atomic E-state index is -4.05. The van der Waals surface area contributed by atoms with E-state index < -0.39 is 34.5 Å². The molecule has 0 saturated carbocycles. The third-order valence-electron chi connectivity index (χ3n) is 4.87. The first-order chi connectivity index (χ1) is 14.8. The van der Waals surface area contributed by atoms with Crippen LogP contribution < -0.4 is 0 Å². The average molecular weight is 445 g/mol. The van der Waals surface area contributed by atoms with Gasteiger partial charge in [0.15, 0.2) is 0 Å². The van der Waals surface area contributed by atoms with Crippen LogP contribution in [0.15, 0.2) is 83.8 Å². The first-order valence-corrected chi connectivity index (χ1v) is 11.0. The Morgan fingerprint density at radius 1 is 0.935 bits per heavy atom. The zero-order valence-electron chi connectivity index (χ0n) is 16.5. The molecule has 0 aliphatic carbocycles. The summed E-state index contributed by atoms with van der Waals surface area (Å²) in [6.45, 7) is -0.889. The van der Waals surface area contributed by atoms with Crippen LogP contribution in [0.5, 0.6) is 0 Å². The molecule has 1 N–H and O–H groups in total. The Morgan fingerprint density at radius 2 is 1.55 bits per heavy atom. The fraction of sp³-hybridized carbons (Fsp3) is 0.174. The number of rotatable bonds is 9. The smallest absolute Gasteiger partial charge is 0.335 e. The fourth-order valence-electron chi connectivity index (χ4n) is 3.29. The first kappa shape index (κ1) is 22.6. The largest absolute Gasteiger partial charge is 0.478 e. The predicted molar refractivity (Wildman–Crippen MR) is 112 cm³/mol. The number of nitrogens with zero attached hydrogens (tertiary/aromatic N) is 1. The van der Waals surface area contributed by atoms with Crippen molar-refractivity contribution in [1.82, 2.24) is 4.31 Å². The minimum absolute atomic E-state index is 0.0446. The van der Waals surface area contributed by atoms with Gasteiger partial charge >= 0.3 is 5.97 Å². The molecular weight excluding hydrogens is 424 g/mol. The Hall–Kier alpha value is -3.10. The lowest BCUT2D eigenvalue weighted by molar-refractivity contribution is 0.0697. The fourth-order valence-corrected chi connectivity index (χ4v) is 4.94. The molecule has 31 heavy (non-hydrogen) atoms. The van der Waals surface area contributed by atoms with E-state index in [1.807, 2.05) is 0 Å². The van der Waals surface area contributed by atoms with E-state index >= 15 is 0 Å². The summed E-state index contributed by atoms with van der Waals surface area (Å²) in [5, 5.41) is 9.09. The molecule has 0 bridgehead atoms. The monoisotopic (exact) mass is 445 g/mol. The van der Waals surface area contributed by atoms with Crippen LogP contribution >= 0.6 is 0 Å². The maximum absolute atomic E-state index is 13.5. The maximum atomic E-state index is 13.5. The van der Waals surface area contributed by atoms with Gasteiger partial charge in [0, 0.05) is 6.54 Å². The van der Waals surface area contributed by atoms with Crippen LogP contribution in [-0.4, -0.2) is 30.5 Å². The summed E-state index contributed by atoms with van der Waals surface area (Å²) in [5.74, 6) is -1.58. The number of benzene rings is 3. The average Bonchev–Trinajstić information content (AvgIpc) is 2.77. The number of carbonyl (C=O) groups is 1. The number of aromatic carboxylic acids is 1. The maximum Gasteiger partial charge on any atom is 0.335 e. The molecule has 3 rings (SSSR count). The Balaban J connectivity index is 2.07. The van der Waals surface area contributed by atoms with Crippen molar-refractivity contribution in [3.63, 3.8) is 0 Å². The van der Waals surface area contributed by atoms with Gasteiger partial charge in [-0.1, -0.05) is 42.5 Å². The number of halogens is 2. The van der Waals surface area contributed by atoms with Crippen LogP contribution in [-0.2, 0) is 16.6 Å². The van der Waals surface area contributed by atoms with E-state index in [1.165, 1.54) is 65.0 Å². The molecule has 0 amide bonds. The molecule has 0 spiro atoms. The predicted octanol–water partition coefficient (Wildman–Crippen LogP) is 4.82. The van der Waals surface area contributed by atoms with Gasteiger partial charge in [-0.3, -0.25) is 4.39 Å². The Morgan fingerprint density at radius 3 is 2.10 bits per heavy atom. The van der Waals surface area contributed by atoms with E-state index in [0.717, 1.165) is 0 Å². The van der Waals surface area contributed by atoms with Gasteiger partial charge in [-0.2, -0.15) is 4.31 Å². The zero-order valence-corrected chi connectivity index (χ0v) is 17.3. The number of carboxylic acids is 1. The second-order valence-corrected chi connectivity index (χ2v) is 8.80. The molecule has 8 heteroatoms. The number of sulfonamides is 1. The normalized spacial score (nSPS) is 12.6. The van der Waals surface area contributed by atoms with Crippen LogP contribution in [0.25, 0.3) is 0 Å². The third-order valence-corrected chi connectivity index (χ3v) is 6.74. The molecule has 0 radical (unpaired) electrons. The summed E-state index contributed by atoms with van der Waals surface area (Å²) in [6, 6.07) is 18.0. The molecule has 0 heterocycles. The highest BCUT2D eigenvalue weighted by Gasteiger charge is 2.32. The number of carboxylic acid groups (broad SMARTS) is 1. The van der Waals surface area contributed by atoms with E-state index in [0.29, 0.717) is 11.1 Å². The Labute approximate surface area is 179 Å². The SMILES string of the molecule is O=C(O)c1ccc(CN([C@@H](CCF)c2ccc(F)cc2)S(=O)(=O)c2ccccc2)cc1. The first-order valence-electron chi connectivity index (χ1n) is 9.53. The molecule has 0 saturated heterocycles. The minimum Gasteiger partial charge on any atom is -0.478 e. The topological polar surface area (TPSA) is 74.7 Å². The van der Waals surface area contributed by atoms with Gasteiger partial charge < -0.3 is 5.11 Å². The molecule has 0 unspecified atom stereocenters. The van der Waals surface area contributed by atoms with Crippen LogP contribution in [0, 0.1) is 5.82 Å². The van der Waals surface area contributed by atoms with Gasteiger partial charge in [-0.05, 0) is 53.9 Å². The molecular formula is C23H21F2NO4S. The van der Waals surface area contributed by atoms with E-state index in [2.05, 4.69) is 0 Å². The van der Waals surface area contributed by atoms with Crippen molar-refractivity contribution in [2.24, 2.45) is 0 Å². The standard InChI is InChI=1S/C23H21F2NO4S/c24-15-14-22(18-10-12-20(25)13-11-18)26(31(29,30)21-4-2-1-3-5-21)16-17-6-8-19(9-7-17)23(27)28/h1-13,22H,14-16H2,(H,27,28)/t22-/m0/s1. The van der Waals surface area contributed by atoms with E-state index in [1.54, 1.807) is 18.2 Å². The van der Waals surface area contributed by atoms with Crippen molar-refractivity contribution in [3.8, 4) is 0 Å². The Bertz CT molecular complexity index is 1120. The summed E-state index contributed by atoms with van der Waals surface area (Å²) in [7, 11) is -4.05. The van der Waals surface area contributed by atoms with Gasteiger partial charge in [-0.15, -0.1) is 0 Å². The summed E-state index contributed by atoms with van der Waals surface area (Å²) in [5.41, 5.74) is 1.07. The van der Waals surface area contributed by atoms with Crippen LogP contribution in [0.3, 0.4) is 0 Å². The van der Waals surface area contributed by atoms with Crippen LogP contribution in [0.4, 0.5) is 8.78 Å². The summed E-state index contributed by atoms with van der Waals surface area (Å²) in [6.07, 6.45) is -0.120. The molecule has 3 aromatic carbocycles. The zero-order chi connectivity index (χ0) is 22.4. The number of alkyl halides is 1. The van der Waals surface area contributed by atoms with Crippen molar-refractivity contribution in [2.75, 3.05) is 6.67 Å². The summed E-state index contributed by atoms with van der Waals surface area (Å²) >= 11 is 0. The Kier molecular flexibility index (Phi) is 7.14. The van der Waals surface area contributed by atoms with Crippen LogP contribution in [0.1, 0.15) is 33.9 Å². The van der Waals surface area contributed by atoms with Crippen molar-refractivity contribution >= 4 is 16.0 Å².